The molecule has 35 heavy (non-hydrogen) atoms. The molecule has 1 aliphatic rings. The molecular formula is C34H22O. The summed E-state index contributed by atoms with van der Waals surface area (Å²) >= 11 is 0. The third kappa shape index (κ3) is 3.33. The van der Waals surface area contributed by atoms with E-state index in [2.05, 4.69) is 121 Å². The van der Waals surface area contributed by atoms with Gasteiger partial charge in [0.1, 0.15) is 11.5 Å². The van der Waals surface area contributed by atoms with Gasteiger partial charge in [-0.3, -0.25) is 0 Å². The van der Waals surface area contributed by atoms with Crippen LogP contribution in [-0.4, -0.2) is 0 Å². The lowest BCUT2D eigenvalue weighted by molar-refractivity contribution is 0.487. The fourth-order valence-electron chi connectivity index (χ4n) is 5.16. The van der Waals surface area contributed by atoms with E-state index in [-0.39, 0.29) is 0 Å². The highest BCUT2D eigenvalue weighted by Crippen LogP contribution is 2.48. The molecule has 0 aliphatic carbocycles. The van der Waals surface area contributed by atoms with Gasteiger partial charge in [-0.1, -0.05) is 121 Å². The van der Waals surface area contributed by atoms with E-state index in [9.17, 15) is 0 Å². The van der Waals surface area contributed by atoms with E-state index < -0.39 is 0 Å². The fourth-order valence-corrected chi connectivity index (χ4v) is 5.16. The summed E-state index contributed by atoms with van der Waals surface area (Å²) in [4.78, 5) is 0. The molecule has 1 heteroatoms. The standard InChI is InChI=1S/C34H22O/c1-2-7-23(8-3-1)24-13-15-25(16-14-24)26-17-19-27(20-18-26)28-21-22-33-34-30(28)10-6-11-31(34)29-9-4-5-12-32(29)35-33/h1-22H. The van der Waals surface area contributed by atoms with Crippen molar-refractivity contribution >= 4 is 10.8 Å². The number of hydrogen-bond acceptors (Lipinski definition) is 1. The highest BCUT2D eigenvalue weighted by atomic mass is 16.5. The van der Waals surface area contributed by atoms with Crippen LogP contribution in [-0.2, 0) is 0 Å². The molecule has 0 radical (unpaired) electrons. The van der Waals surface area contributed by atoms with Crippen molar-refractivity contribution in [3.05, 3.63) is 133 Å². The predicted molar refractivity (Wildman–Crippen MR) is 146 cm³/mol. The second-order valence-electron chi connectivity index (χ2n) is 8.96. The van der Waals surface area contributed by atoms with Crippen molar-refractivity contribution in [2.45, 2.75) is 0 Å². The zero-order chi connectivity index (χ0) is 23.2. The zero-order valence-electron chi connectivity index (χ0n) is 19.1. The summed E-state index contributed by atoms with van der Waals surface area (Å²) in [7, 11) is 0. The number of hydrogen-bond donors (Lipinski definition) is 0. The molecule has 7 rings (SSSR count). The van der Waals surface area contributed by atoms with Gasteiger partial charge in [0.25, 0.3) is 0 Å². The molecule has 1 nitrogen and oxygen atoms in total. The Hall–Kier alpha value is -4.62. The Morgan fingerprint density at radius 3 is 1.60 bits per heavy atom. The molecule has 0 saturated heterocycles. The lowest BCUT2D eigenvalue weighted by Gasteiger charge is -2.22. The smallest absolute Gasteiger partial charge is 0.135 e. The molecule has 0 bridgehead atoms. The van der Waals surface area contributed by atoms with Gasteiger partial charge in [0.2, 0.25) is 0 Å². The topological polar surface area (TPSA) is 9.23 Å². The minimum atomic E-state index is 0.919. The van der Waals surface area contributed by atoms with Crippen molar-refractivity contribution in [1.29, 1.82) is 0 Å². The van der Waals surface area contributed by atoms with E-state index in [1.165, 1.54) is 49.7 Å². The van der Waals surface area contributed by atoms with E-state index in [0.717, 1.165) is 17.1 Å². The first kappa shape index (κ1) is 19.8. The minimum absolute atomic E-state index is 0.919. The van der Waals surface area contributed by atoms with Crippen molar-refractivity contribution in [2.75, 3.05) is 0 Å². The molecule has 0 unspecified atom stereocenters. The first-order valence-corrected chi connectivity index (χ1v) is 11.9. The van der Waals surface area contributed by atoms with Crippen LogP contribution in [0.15, 0.2) is 133 Å². The van der Waals surface area contributed by atoms with Gasteiger partial charge in [-0.05, 0) is 56.5 Å². The summed E-state index contributed by atoms with van der Waals surface area (Å²) < 4.78 is 6.26. The van der Waals surface area contributed by atoms with Gasteiger partial charge in [0.05, 0.1) is 0 Å². The van der Waals surface area contributed by atoms with Crippen LogP contribution in [0.4, 0.5) is 0 Å². The number of rotatable bonds is 3. The van der Waals surface area contributed by atoms with Crippen molar-refractivity contribution in [3.8, 4) is 56.0 Å². The van der Waals surface area contributed by atoms with Gasteiger partial charge in [0.15, 0.2) is 0 Å². The van der Waals surface area contributed by atoms with Crippen molar-refractivity contribution in [3.63, 3.8) is 0 Å². The van der Waals surface area contributed by atoms with Gasteiger partial charge in [0, 0.05) is 10.9 Å². The Labute approximate surface area is 204 Å². The normalized spacial score (nSPS) is 11.7. The average Bonchev–Trinajstić information content (AvgIpc) is 2.94. The van der Waals surface area contributed by atoms with E-state index >= 15 is 0 Å². The maximum atomic E-state index is 6.26. The number of fused-ring (bicyclic) bond motifs is 2. The van der Waals surface area contributed by atoms with Crippen LogP contribution in [0.5, 0.6) is 11.5 Å². The molecule has 6 aromatic rings. The van der Waals surface area contributed by atoms with Crippen LogP contribution >= 0.6 is 0 Å². The van der Waals surface area contributed by atoms with E-state index in [4.69, 9.17) is 4.74 Å². The van der Waals surface area contributed by atoms with E-state index in [1.807, 2.05) is 12.1 Å². The molecule has 0 aromatic heterocycles. The van der Waals surface area contributed by atoms with Crippen LogP contribution in [0.25, 0.3) is 55.3 Å². The molecule has 0 amide bonds. The van der Waals surface area contributed by atoms with Gasteiger partial charge in [-0.25, -0.2) is 0 Å². The van der Waals surface area contributed by atoms with Crippen molar-refractivity contribution < 1.29 is 4.74 Å². The Balaban J connectivity index is 1.26. The summed E-state index contributed by atoms with van der Waals surface area (Å²) in [6.45, 7) is 0. The second-order valence-corrected chi connectivity index (χ2v) is 8.96. The van der Waals surface area contributed by atoms with Gasteiger partial charge in [-0.15, -0.1) is 0 Å². The molecule has 0 atom stereocenters. The highest BCUT2D eigenvalue weighted by molar-refractivity contribution is 6.09. The van der Waals surface area contributed by atoms with Crippen molar-refractivity contribution in [1.82, 2.24) is 0 Å². The summed E-state index contributed by atoms with van der Waals surface area (Å²) in [5, 5.41) is 2.40. The third-order valence-electron chi connectivity index (χ3n) is 6.92. The Bertz CT molecular complexity index is 1680. The van der Waals surface area contributed by atoms with E-state index in [0.29, 0.717) is 0 Å². The number of benzene rings is 6. The van der Waals surface area contributed by atoms with Gasteiger partial charge >= 0.3 is 0 Å². The van der Waals surface area contributed by atoms with Gasteiger partial charge < -0.3 is 4.74 Å². The Morgan fingerprint density at radius 1 is 0.314 bits per heavy atom. The summed E-state index contributed by atoms with van der Waals surface area (Å²) in [6, 6.07) is 47.3. The molecule has 0 N–H and O–H groups in total. The highest BCUT2D eigenvalue weighted by Gasteiger charge is 2.20. The summed E-state index contributed by atoms with van der Waals surface area (Å²) in [5.74, 6) is 1.84. The second kappa shape index (κ2) is 8.00. The largest absolute Gasteiger partial charge is 0.456 e. The van der Waals surface area contributed by atoms with Crippen LogP contribution in [0.2, 0.25) is 0 Å². The summed E-state index contributed by atoms with van der Waals surface area (Å²) in [6.07, 6.45) is 0. The first-order chi connectivity index (χ1) is 17.3. The quantitative estimate of drug-likeness (QED) is 0.262. The molecule has 0 spiro atoms. The maximum Gasteiger partial charge on any atom is 0.135 e. The minimum Gasteiger partial charge on any atom is -0.456 e. The zero-order valence-corrected chi connectivity index (χ0v) is 19.1. The van der Waals surface area contributed by atoms with Crippen LogP contribution in [0.3, 0.4) is 0 Å². The Kier molecular flexibility index (Phi) is 4.53. The van der Waals surface area contributed by atoms with Crippen LogP contribution in [0.1, 0.15) is 0 Å². The average molecular weight is 447 g/mol. The van der Waals surface area contributed by atoms with Crippen molar-refractivity contribution in [2.24, 2.45) is 0 Å². The molecule has 0 saturated carbocycles. The molecule has 0 fully saturated rings. The predicted octanol–water partition coefficient (Wildman–Crippen LogP) is 9.61. The SMILES string of the molecule is c1ccc(-c2ccc(-c3ccc(-c4ccc5c6c(cccc46)-c4ccccc4O5)cc3)cc2)cc1. The first-order valence-electron chi connectivity index (χ1n) is 11.9. The lowest BCUT2D eigenvalue weighted by atomic mass is 9.90. The fraction of sp³-hybridized carbons (Fsp3) is 0. The lowest BCUT2D eigenvalue weighted by Crippen LogP contribution is -1.97. The number of ether oxygens (including phenoxy) is 1. The molecule has 1 aliphatic heterocycles. The monoisotopic (exact) mass is 446 g/mol. The number of para-hydroxylation sites is 1. The van der Waals surface area contributed by atoms with Gasteiger partial charge in [-0.2, -0.15) is 0 Å². The van der Waals surface area contributed by atoms with Crippen LogP contribution in [0, 0.1) is 0 Å². The van der Waals surface area contributed by atoms with E-state index in [1.54, 1.807) is 0 Å². The molecule has 164 valence electrons. The van der Waals surface area contributed by atoms with Crippen LogP contribution < -0.4 is 4.74 Å². The maximum absolute atomic E-state index is 6.26. The summed E-state index contributed by atoms with van der Waals surface area (Å²) in [5.41, 5.74) is 9.72. The Morgan fingerprint density at radius 2 is 0.886 bits per heavy atom. The molecule has 1 heterocycles. The third-order valence-corrected chi connectivity index (χ3v) is 6.92. The molecular weight excluding hydrogens is 424 g/mol. The molecule has 6 aromatic carbocycles.